The maximum absolute atomic E-state index is 14.0. The molecule has 0 aromatic heterocycles. The molecule has 1 heterocycles. The van der Waals surface area contributed by atoms with Crippen LogP contribution in [-0.2, 0) is 37.0 Å². The molecular formula is C40H41N5O6S. The molecule has 4 N–H and O–H groups in total. The van der Waals surface area contributed by atoms with Crippen molar-refractivity contribution >= 4 is 49.2 Å². The molecule has 1 saturated heterocycles. The third kappa shape index (κ3) is 9.81. The molecular weight excluding hydrogens is 679 g/mol. The predicted octanol–water partition coefficient (Wildman–Crippen LogP) is 4.63. The number of morpholine rings is 1. The number of fused-ring (bicyclic) bond motifs is 2. The number of hydrogen-bond acceptors (Lipinski definition) is 8. The maximum Gasteiger partial charge on any atom is 0.336 e. The molecule has 11 nitrogen and oxygen atoms in total. The zero-order valence-electron chi connectivity index (χ0n) is 28.5. The van der Waals surface area contributed by atoms with Gasteiger partial charge < -0.3 is 15.4 Å². The first kappa shape index (κ1) is 36.2. The van der Waals surface area contributed by atoms with Gasteiger partial charge in [-0.2, -0.15) is 0 Å². The van der Waals surface area contributed by atoms with Crippen LogP contribution in [0.15, 0.2) is 132 Å². The van der Waals surface area contributed by atoms with Crippen LogP contribution in [0.4, 0.5) is 4.79 Å². The fourth-order valence-electron chi connectivity index (χ4n) is 6.04. The maximum atomic E-state index is 14.0. The Bertz CT molecular complexity index is 2170. The number of aryl methyl sites for hydroxylation is 1. The van der Waals surface area contributed by atoms with Gasteiger partial charge in [0.05, 0.1) is 23.5 Å². The number of urea groups is 1. The zero-order valence-corrected chi connectivity index (χ0v) is 29.4. The highest BCUT2D eigenvalue weighted by atomic mass is 32.2. The van der Waals surface area contributed by atoms with Crippen LogP contribution in [0.2, 0.25) is 0 Å². The summed E-state index contributed by atoms with van der Waals surface area (Å²) in [5, 5.41) is 14.6. The summed E-state index contributed by atoms with van der Waals surface area (Å²) in [5.74, 6) is -1.22. The summed E-state index contributed by atoms with van der Waals surface area (Å²) in [6.07, 6.45) is 2.15. The van der Waals surface area contributed by atoms with Crippen LogP contribution >= 0.6 is 0 Å². The van der Waals surface area contributed by atoms with Gasteiger partial charge in [0, 0.05) is 25.7 Å². The Morgan fingerprint density at radius 3 is 2.06 bits per heavy atom. The first-order valence-corrected chi connectivity index (χ1v) is 18.7. The minimum absolute atomic E-state index is 0.102. The van der Waals surface area contributed by atoms with Crippen molar-refractivity contribution in [2.24, 2.45) is 0 Å². The van der Waals surface area contributed by atoms with Gasteiger partial charge in [-0.15, -0.1) is 0 Å². The van der Waals surface area contributed by atoms with Gasteiger partial charge in [0.15, 0.2) is 0 Å². The minimum atomic E-state index is -3.86. The van der Waals surface area contributed by atoms with Crippen LogP contribution in [0.1, 0.15) is 17.5 Å². The molecule has 5 aromatic rings. The number of rotatable bonds is 13. The fourth-order valence-corrected chi connectivity index (χ4v) is 7.01. The number of benzene rings is 5. The van der Waals surface area contributed by atoms with Crippen LogP contribution in [0, 0.1) is 0 Å². The van der Waals surface area contributed by atoms with Crippen LogP contribution < -0.4 is 21.4 Å². The average molecular weight is 720 g/mol. The van der Waals surface area contributed by atoms with Crippen molar-refractivity contribution in [3.63, 3.8) is 0 Å². The van der Waals surface area contributed by atoms with Crippen molar-refractivity contribution in [3.8, 4) is 0 Å². The smallest absolute Gasteiger partial charge is 0.336 e. The minimum Gasteiger partial charge on any atom is -0.379 e. The summed E-state index contributed by atoms with van der Waals surface area (Å²) in [7, 11) is -3.86. The number of carbonyl (C=O) groups excluding carboxylic acids is 3. The van der Waals surface area contributed by atoms with Crippen LogP contribution in [0.3, 0.4) is 0 Å². The highest BCUT2D eigenvalue weighted by molar-refractivity contribution is 7.94. The molecule has 12 heteroatoms. The molecule has 1 fully saturated rings. The molecule has 1 aliphatic heterocycles. The lowest BCUT2D eigenvalue weighted by Gasteiger charge is -2.27. The second-order valence-corrected chi connectivity index (χ2v) is 14.4. The van der Waals surface area contributed by atoms with Gasteiger partial charge in [-0.25, -0.2) is 18.2 Å². The van der Waals surface area contributed by atoms with Crippen LogP contribution in [-0.4, -0.2) is 69.7 Å². The van der Waals surface area contributed by atoms with Gasteiger partial charge in [0.25, 0.3) is 5.91 Å². The van der Waals surface area contributed by atoms with Crippen LogP contribution in [0.5, 0.6) is 0 Å². The molecule has 2 atom stereocenters. The lowest BCUT2D eigenvalue weighted by atomic mass is 10.00. The highest BCUT2D eigenvalue weighted by Gasteiger charge is 2.27. The number of hydrazine groups is 1. The number of nitrogens with zero attached hydrogens (tertiary/aromatic N) is 1. The number of ether oxygens (including phenoxy) is 1. The van der Waals surface area contributed by atoms with E-state index in [1.165, 1.54) is 6.20 Å². The standard InChI is InChI=1S/C40H41N5O6S/c46-38(36(19-15-29-8-2-1-3-9-29)41-20-25-52(49,50)35-18-17-32-11-5-7-13-34(32)28-35)42-37(27-30-14-16-31-10-4-6-12-33(31)26-30)39(47)43-40(48)44-45-21-23-51-24-22-45/h1-14,16-18,20,25-26,28,36-37,41H,15,19,21-24,27H2,(H,42,46)(H2,43,44,47,48)/b25-20+/t36-,37-/m0/s1. The van der Waals surface area contributed by atoms with E-state index in [0.29, 0.717) is 32.7 Å². The van der Waals surface area contributed by atoms with E-state index < -0.39 is 39.8 Å². The van der Waals surface area contributed by atoms with Crippen molar-refractivity contribution in [1.29, 1.82) is 0 Å². The molecule has 0 aliphatic carbocycles. The summed E-state index contributed by atoms with van der Waals surface area (Å²) in [5.41, 5.74) is 4.43. The van der Waals surface area contributed by atoms with Gasteiger partial charge in [-0.3, -0.25) is 20.3 Å². The molecule has 0 spiro atoms. The van der Waals surface area contributed by atoms with Gasteiger partial charge >= 0.3 is 6.03 Å². The summed E-state index contributed by atoms with van der Waals surface area (Å²) in [4.78, 5) is 40.6. The van der Waals surface area contributed by atoms with E-state index in [-0.39, 0.29) is 17.7 Å². The number of carbonyl (C=O) groups is 3. The lowest BCUT2D eigenvalue weighted by molar-refractivity contribution is -0.129. The molecule has 0 bridgehead atoms. The molecule has 4 amide bonds. The Hall–Kier alpha value is -5.56. The number of amides is 4. The number of nitrogens with one attached hydrogen (secondary N) is 4. The number of hydrogen-bond donors (Lipinski definition) is 4. The monoisotopic (exact) mass is 719 g/mol. The Morgan fingerprint density at radius 1 is 0.712 bits per heavy atom. The van der Waals surface area contributed by atoms with E-state index in [4.69, 9.17) is 4.74 Å². The van der Waals surface area contributed by atoms with Gasteiger partial charge in [0.1, 0.15) is 12.1 Å². The van der Waals surface area contributed by atoms with Crippen LogP contribution in [0.25, 0.3) is 21.5 Å². The highest BCUT2D eigenvalue weighted by Crippen LogP contribution is 2.21. The predicted molar refractivity (Wildman–Crippen MR) is 201 cm³/mol. The Kier molecular flexibility index (Phi) is 11.9. The van der Waals surface area contributed by atoms with E-state index in [9.17, 15) is 22.8 Å². The molecule has 0 unspecified atom stereocenters. The van der Waals surface area contributed by atoms with Gasteiger partial charge in [-0.05, 0) is 57.6 Å². The van der Waals surface area contributed by atoms with Crippen molar-refractivity contribution in [3.05, 3.63) is 138 Å². The molecule has 0 radical (unpaired) electrons. The van der Waals surface area contributed by atoms with Crippen molar-refractivity contribution in [2.45, 2.75) is 36.2 Å². The second kappa shape index (κ2) is 17.1. The van der Waals surface area contributed by atoms with E-state index in [1.807, 2.05) is 97.1 Å². The van der Waals surface area contributed by atoms with E-state index in [1.54, 1.807) is 23.2 Å². The average Bonchev–Trinajstić information content (AvgIpc) is 3.16. The van der Waals surface area contributed by atoms with E-state index in [2.05, 4.69) is 21.4 Å². The molecule has 1 aliphatic rings. The van der Waals surface area contributed by atoms with Crippen molar-refractivity contribution in [1.82, 2.24) is 26.4 Å². The number of imide groups is 1. The SMILES string of the molecule is O=C(NC(=O)[C@H](Cc1ccc2ccccc2c1)NC(=O)[C@H](CCc1ccccc1)N/C=C/S(=O)(=O)c1ccc2ccccc2c1)NN1CCOCC1. The van der Waals surface area contributed by atoms with Gasteiger partial charge in [-0.1, -0.05) is 103 Å². The summed E-state index contributed by atoms with van der Waals surface area (Å²) in [6, 6.07) is 32.8. The third-order valence-electron chi connectivity index (χ3n) is 8.87. The van der Waals surface area contributed by atoms with Crippen molar-refractivity contribution in [2.75, 3.05) is 26.3 Å². The third-order valence-corrected chi connectivity index (χ3v) is 10.3. The first-order chi connectivity index (χ1) is 25.2. The fraction of sp³-hybridized carbons (Fsp3) is 0.225. The Labute approximate surface area is 302 Å². The quantitative estimate of drug-likeness (QED) is 0.138. The Balaban J connectivity index is 1.21. The molecule has 6 rings (SSSR count). The Morgan fingerprint density at radius 2 is 1.35 bits per heavy atom. The largest absolute Gasteiger partial charge is 0.379 e. The number of sulfone groups is 1. The van der Waals surface area contributed by atoms with Crippen molar-refractivity contribution < 1.29 is 27.5 Å². The first-order valence-electron chi connectivity index (χ1n) is 17.2. The zero-order chi connectivity index (χ0) is 36.3. The molecule has 5 aromatic carbocycles. The summed E-state index contributed by atoms with van der Waals surface area (Å²) in [6.45, 7) is 1.84. The normalized spacial score (nSPS) is 14.8. The second-order valence-electron chi connectivity index (χ2n) is 12.6. The van der Waals surface area contributed by atoms with E-state index in [0.717, 1.165) is 38.1 Å². The topological polar surface area (TPSA) is 146 Å². The van der Waals surface area contributed by atoms with E-state index >= 15 is 0 Å². The molecule has 0 saturated carbocycles. The van der Waals surface area contributed by atoms with Gasteiger partial charge in [0.2, 0.25) is 15.7 Å². The lowest BCUT2D eigenvalue weighted by Crippen LogP contribution is -2.57. The summed E-state index contributed by atoms with van der Waals surface area (Å²) < 4.78 is 31.9. The molecule has 268 valence electrons. The molecule has 52 heavy (non-hydrogen) atoms. The summed E-state index contributed by atoms with van der Waals surface area (Å²) >= 11 is 0.